The van der Waals surface area contributed by atoms with Crippen molar-refractivity contribution in [2.75, 3.05) is 0 Å². The van der Waals surface area contributed by atoms with Crippen LogP contribution < -0.4 is 9.47 Å². The average molecular weight is 518 g/mol. The SMILES string of the molecule is CC1Cc2cc(/C(O)=C3\C(=O)C(=O)N(Cc4ccccc4)C3c3cccc(Oc4ccccc4)c3)ccc2O1. The number of rotatable bonds is 6. The lowest BCUT2D eigenvalue weighted by Gasteiger charge is -2.26. The Balaban J connectivity index is 1.45. The standard InChI is InChI=1S/C33H27NO5/c1-21-17-25-18-24(15-16-28(25)38-21)31(35)29-30(34(33(37)32(29)36)20-22-9-4-2-5-10-22)23-11-8-14-27(19-23)39-26-12-6-3-7-13-26/h2-16,18-19,21,30,35H,17,20H2,1H3/b31-29+. The predicted octanol–water partition coefficient (Wildman–Crippen LogP) is 6.42. The smallest absolute Gasteiger partial charge is 0.295 e. The molecule has 2 aliphatic rings. The average Bonchev–Trinajstić information content (AvgIpc) is 3.45. The van der Waals surface area contributed by atoms with E-state index < -0.39 is 17.7 Å². The quantitative estimate of drug-likeness (QED) is 0.181. The maximum Gasteiger partial charge on any atom is 0.295 e. The van der Waals surface area contributed by atoms with Crippen LogP contribution in [0.2, 0.25) is 0 Å². The number of ether oxygens (including phenoxy) is 2. The van der Waals surface area contributed by atoms with Gasteiger partial charge in [0.2, 0.25) is 0 Å². The third kappa shape index (κ3) is 4.77. The Hall–Kier alpha value is -4.84. The van der Waals surface area contributed by atoms with Crippen LogP contribution in [0.4, 0.5) is 0 Å². The lowest BCUT2D eigenvalue weighted by Crippen LogP contribution is -2.29. The number of ketones is 1. The number of amides is 1. The summed E-state index contributed by atoms with van der Waals surface area (Å²) in [5.74, 6) is 0.428. The number of hydrogen-bond donors (Lipinski definition) is 1. The number of nitrogens with zero attached hydrogens (tertiary/aromatic N) is 1. The number of aliphatic hydroxyl groups is 1. The van der Waals surface area contributed by atoms with E-state index in [1.807, 2.05) is 97.9 Å². The number of Topliss-reactive ketones (excluding diaryl/α,β-unsaturated/α-hetero) is 1. The van der Waals surface area contributed by atoms with Gasteiger partial charge in [-0.2, -0.15) is 0 Å². The summed E-state index contributed by atoms with van der Waals surface area (Å²) in [6, 6.07) is 30.8. The molecule has 0 spiro atoms. The first kappa shape index (κ1) is 24.5. The molecule has 1 N–H and O–H groups in total. The van der Waals surface area contributed by atoms with Crippen LogP contribution in [0.5, 0.6) is 17.2 Å². The second-order valence-corrected chi connectivity index (χ2v) is 9.86. The van der Waals surface area contributed by atoms with Gasteiger partial charge >= 0.3 is 0 Å². The van der Waals surface area contributed by atoms with Gasteiger partial charge < -0.3 is 19.5 Å². The summed E-state index contributed by atoms with van der Waals surface area (Å²) in [6.45, 7) is 2.20. The van der Waals surface area contributed by atoms with E-state index in [1.165, 1.54) is 4.90 Å². The van der Waals surface area contributed by atoms with E-state index in [2.05, 4.69) is 0 Å². The Morgan fingerprint density at radius 3 is 2.38 bits per heavy atom. The number of aliphatic hydroxyl groups excluding tert-OH is 1. The largest absolute Gasteiger partial charge is 0.507 e. The Bertz CT molecular complexity index is 1580. The van der Waals surface area contributed by atoms with Crippen molar-refractivity contribution in [1.29, 1.82) is 0 Å². The third-order valence-corrected chi connectivity index (χ3v) is 7.06. The van der Waals surface area contributed by atoms with E-state index in [0.29, 0.717) is 29.0 Å². The Labute approximate surface area is 226 Å². The van der Waals surface area contributed by atoms with Crippen LogP contribution in [-0.4, -0.2) is 27.8 Å². The van der Waals surface area contributed by atoms with Crippen molar-refractivity contribution < 1.29 is 24.2 Å². The number of benzene rings is 4. The summed E-state index contributed by atoms with van der Waals surface area (Å²) >= 11 is 0. The lowest BCUT2D eigenvalue weighted by atomic mass is 9.94. The fourth-order valence-electron chi connectivity index (χ4n) is 5.27. The van der Waals surface area contributed by atoms with Gasteiger partial charge in [-0.1, -0.05) is 60.7 Å². The summed E-state index contributed by atoms with van der Waals surface area (Å²) in [6.07, 6.45) is 0.752. The van der Waals surface area contributed by atoms with Crippen LogP contribution >= 0.6 is 0 Å². The molecular formula is C33H27NO5. The van der Waals surface area contributed by atoms with Crippen molar-refractivity contribution in [3.05, 3.63) is 131 Å². The van der Waals surface area contributed by atoms with E-state index >= 15 is 0 Å². The van der Waals surface area contributed by atoms with E-state index in [9.17, 15) is 14.7 Å². The van der Waals surface area contributed by atoms with E-state index in [4.69, 9.17) is 9.47 Å². The summed E-state index contributed by atoms with van der Waals surface area (Å²) in [5, 5.41) is 11.5. The number of likely N-dealkylation sites (tertiary alicyclic amines) is 1. The van der Waals surface area contributed by atoms with Gasteiger partial charge in [-0.15, -0.1) is 0 Å². The molecule has 6 nitrogen and oxygen atoms in total. The molecule has 1 fully saturated rings. The summed E-state index contributed by atoms with van der Waals surface area (Å²) in [7, 11) is 0. The molecular weight excluding hydrogens is 490 g/mol. The Morgan fingerprint density at radius 2 is 1.62 bits per heavy atom. The van der Waals surface area contributed by atoms with Crippen LogP contribution in [0.3, 0.4) is 0 Å². The van der Waals surface area contributed by atoms with Gasteiger partial charge in [-0.05, 0) is 66.1 Å². The van der Waals surface area contributed by atoms with Crippen molar-refractivity contribution in [1.82, 2.24) is 4.90 Å². The van der Waals surface area contributed by atoms with Gasteiger partial charge in [0.1, 0.15) is 29.1 Å². The maximum absolute atomic E-state index is 13.5. The fourth-order valence-corrected chi connectivity index (χ4v) is 5.27. The van der Waals surface area contributed by atoms with Gasteiger partial charge in [0.05, 0.1) is 11.6 Å². The maximum atomic E-state index is 13.5. The zero-order valence-corrected chi connectivity index (χ0v) is 21.4. The highest BCUT2D eigenvalue weighted by atomic mass is 16.5. The Morgan fingerprint density at radius 1 is 0.897 bits per heavy atom. The molecule has 1 saturated heterocycles. The number of hydrogen-bond acceptors (Lipinski definition) is 5. The van der Waals surface area contributed by atoms with Crippen molar-refractivity contribution in [3.63, 3.8) is 0 Å². The van der Waals surface area contributed by atoms with Crippen LogP contribution in [0.15, 0.2) is 109 Å². The summed E-state index contributed by atoms with van der Waals surface area (Å²) in [4.78, 5) is 28.4. The predicted molar refractivity (Wildman–Crippen MR) is 147 cm³/mol. The molecule has 4 aromatic carbocycles. The topological polar surface area (TPSA) is 76.1 Å². The first-order valence-electron chi connectivity index (χ1n) is 12.9. The molecule has 39 heavy (non-hydrogen) atoms. The van der Waals surface area contributed by atoms with Crippen LogP contribution in [0.1, 0.15) is 35.2 Å². The third-order valence-electron chi connectivity index (χ3n) is 7.06. The Kier molecular flexibility index (Phi) is 6.37. The minimum absolute atomic E-state index is 0.0428. The van der Waals surface area contributed by atoms with Crippen molar-refractivity contribution >= 4 is 17.4 Å². The second kappa shape index (κ2) is 10.1. The first-order chi connectivity index (χ1) is 19.0. The fraction of sp³-hybridized carbons (Fsp3) is 0.152. The zero-order valence-electron chi connectivity index (χ0n) is 21.4. The van der Waals surface area contributed by atoms with Gasteiger partial charge in [-0.3, -0.25) is 9.59 Å². The highest BCUT2D eigenvalue weighted by molar-refractivity contribution is 6.46. The van der Waals surface area contributed by atoms with Crippen LogP contribution in [0, 0.1) is 0 Å². The molecule has 4 aromatic rings. The molecule has 0 bridgehead atoms. The first-order valence-corrected chi connectivity index (χ1v) is 12.9. The molecule has 0 saturated carbocycles. The minimum Gasteiger partial charge on any atom is -0.507 e. The van der Waals surface area contributed by atoms with Crippen molar-refractivity contribution in [2.24, 2.45) is 0 Å². The number of fused-ring (bicyclic) bond motifs is 1. The lowest BCUT2D eigenvalue weighted by molar-refractivity contribution is -0.140. The molecule has 2 unspecified atom stereocenters. The molecule has 2 heterocycles. The molecule has 0 aliphatic carbocycles. The van der Waals surface area contributed by atoms with E-state index in [-0.39, 0.29) is 24.0 Å². The van der Waals surface area contributed by atoms with Crippen LogP contribution in [-0.2, 0) is 22.6 Å². The van der Waals surface area contributed by atoms with Gasteiger partial charge in [0, 0.05) is 18.5 Å². The van der Waals surface area contributed by atoms with Crippen molar-refractivity contribution in [2.45, 2.75) is 32.0 Å². The molecule has 6 rings (SSSR count). The van der Waals surface area contributed by atoms with Gasteiger partial charge in [0.15, 0.2) is 0 Å². The molecule has 2 aliphatic heterocycles. The molecule has 6 heteroatoms. The second-order valence-electron chi connectivity index (χ2n) is 9.86. The molecule has 1 amide bonds. The van der Waals surface area contributed by atoms with Crippen LogP contribution in [0.25, 0.3) is 5.76 Å². The number of carbonyl (C=O) groups excluding carboxylic acids is 2. The minimum atomic E-state index is -0.798. The molecule has 194 valence electrons. The van der Waals surface area contributed by atoms with Gasteiger partial charge in [-0.25, -0.2) is 0 Å². The monoisotopic (exact) mass is 517 g/mol. The zero-order chi connectivity index (χ0) is 26.9. The number of carbonyl (C=O) groups is 2. The van der Waals surface area contributed by atoms with Crippen molar-refractivity contribution in [3.8, 4) is 17.2 Å². The molecule has 0 radical (unpaired) electrons. The normalized spacial score (nSPS) is 19.6. The van der Waals surface area contributed by atoms with E-state index in [0.717, 1.165) is 16.9 Å². The summed E-state index contributed by atoms with van der Waals surface area (Å²) < 4.78 is 11.8. The van der Waals surface area contributed by atoms with Gasteiger partial charge in [0.25, 0.3) is 11.7 Å². The summed E-state index contributed by atoms with van der Waals surface area (Å²) in [5.41, 5.74) is 3.04. The molecule has 0 aromatic heterocycles. The van der Waals surface area contributed by atoms with E-state index in [1.54, 1.807) is 12.1 Å². The highest BCUT2D eigenvalue weighted by Crippen LogP contribution is 2.42. The highest BCUT2D eigenvalue weighted by Gasteiger charge is 2.46. The number of para-hydroxylation sites is 1. The molecule has 2 atom stereocenters.